The molecule has 0 saturated heterocycles. The zero-order valence-corrected chi connectivity index (χ0v) is 16.2. The Bertz CT molecular complexity index is 1120. The van der Waals surface area contributed by atoms with Gasteiger partial charge in [-0.3, -0.25) is 9.52 Å². The first-order valence-corrected chi connectivity index (χ1v) is 10.2. The predicted octanol–water partition coefficient (Wildman–Crippen LogP) is 4.26. The van der Waals surface area contributed by atoms with Gasteiger partial charge in [-0.05, 0) is 67.1 Å². The van der Waals surface area contributed by atoms with Crippen LogP contribution in [0.15, 0.2) is 77.7 Å². The van der Waals surface area contributed by atoms with E-state index in [2.05, 4.69) is 10.0 Å². The lowest BCUT2D eigenvalue weighted by Crippen LogP contribution is -2.27. The number of hydrogen-bond acceptors (Lipinski definition) is 3. The van der Waals surface area contributed by atoms with Crippen molar-refractivity contribution in [1.82, 2.24) is 5.32 Å². The summed E-state index contributed by atoms with van der Waals surface area (Å²) >= 11 is 0. The first-order chi connectivity index (χ1) is 13.7. The molecule has 2 N–H and O–H groups in total. The average Bonchev–Trinajstić information content (AvgIpc) is 2.70. The summed E-state index contributed by atoms with van der Waals surface area (Å²) in [4.78, 5) is 12.4. The number of anilines is 1. The van der Waals surface area contributed by atoms with E-state index in [0.29, 0.717) is 5.56 Å². The molecular formula is C21H18F2N2O3S. The molecule has 3 aromatic carbocycles. The van der Waals surface area contributed by atoms with Gasteiger partial charge in [0, 0.05) is 11.3 Å². The summed E-state index contributed by atoms with van der Waals surface area (Å²) in [5.74, 6) is -1.33. The van der Waals surface area contributed by atoms with Crippen LogP contribution < -0.4 is 10.0 Å². The van der Waals surface area contributed by atoms with E-state index in [0.717, 1.165) is 12.1 Å². The molecule has 0 aliphatic heterocycles. The molecule has 0 aliphatic carbocycles. The molecule has 0 aromatic heterocycles. The smallest absolute Gasteiger partial charge is 0.261 e. The largest absolute Gasteiger partial charge is 0.346 e. The molecule has 29 heavy (non-hydrogen) atoms. The summed E-state index contributed by atoms with van der Waals surface area (Å²) < 4.78 is 53.5. The fourth-order valence-corrected chi connectivity index (χ4v) is 3.76. The lowest BCUT2D eigenvalue weighted by Gasteiger charge is -2.15. The Labute approximate surface area is 167 Å². The number of sulfonamides is 1. The first-order valence-electron chi connectivity index (χ1n) is 8.69. The van der Waals surface area contributed by atoms with Crippen molar-refractivity contribution >= 4 is 21.6 Å². The van der Waals surface area contributed by atoms with Crippen LogP contribution in [-0.4, -0.2) is 14.3 Å². The molecule has 5 nitrogen and oxygen atoms in total. The van der Waals surface area contributed by atoms with Gasteiger partial charge in [-0.1, -0.05) is 18.2 Å². The van der Waals surface area contributed by atoms with Crippen LogP contribution in [0.1, 0.15) is 28.9 Å². The van der Waals surface area contributed by atoms with E-state index in [1.54, 1.807) is 19.1 Å². The zero-order chi connectivity index (χ0) is 21.0. The number of carbonyl (C=O) groups excluding carboxylic acids is 1. The first kappa shape index (κ1) is 20.5. The average molecular weight is 416 g/mol. The summed E-state index contributed by atoms with van der Waals surface area (Å²) in [5.41, 5.74) is 1.06. The highest BCUT2D eigenvalue weighted by Gasteiger charge is 2.18. The Morgan fingerprint density at radius 3 is 2.10 bits per heavy atom. The summed E-state index contributed by atoms with van der Waals surface area (Å²) in [7, 11) is -3.96. The van der Waals surface area contributed by atoms with Crippen LogP contribution in [0.4, 0.5) is 14.5 Å². The number of rotatable bonds is 6. The molecule has 0 spiro atoms. The SMILES string of the molecule is C[C@H](NC(=O)c1cccc(S(=O)(=O)Nc2ccc(F)cc2)c1)c1ccc(F)cc1. The molecule has 3 rings (SSSR count). The van der Waals surface area contributed by atoms with Crippen molar-refractivity contribution in [2.24, 2.45) is 0 Å². The summed E-state index contributed by atoms with van der Waals surface area (Å²) in [6.07, 6.45) is 0. The molecule has 0 fully saturated rings. The summed E-state index contributed by atoms with van der Waals surface area (Å²) in [6.45, 7) is 1.74. The molecule has 0 bridgehead atoms. The minimum atomic E-state index is -3.96. The fraction of sp³-hybridized carbons (Fsp3) is 0.0952. The number of hydrogen-bond donors (Lipinski definition) is 2. The Hall–Kier alpha value is -3.26. The molecule has 8 heteroatoms. The maximum absolute atomic E-state index is 13.0. The standard InChI is InChI=1S/C21H18F2N2O3S/c1-14(15-5-7-17(22)8-6-15)24-21(26)16-3-2-4-20(13-16)29(27,28)25-19-11-9-18(23)10-12-19/h2-14,25H,1H3,(H,24,26)/t14-/m0/s1. The van der Waals surface area contributed by atoms with Crippen LogP contribution in [0, 0.1) is 11.6 Å². The normalized spacial score (nSPS) is 12.2. The van der Waals surface area contributed by atoms with E-state index in [4.69, 9.17) is 0 Å². The topological polar surface area (TPSA) is 75.3 Å². The van der Waals surface area contributed by atoms with E-state index in [-0.39, 0.29) is 22.0 Å². The Morgan fingerprint density at radius 2 is 1.48 bits per heavy atom. The van der Waals surface area contributed by atoms with E-state index in [1.807, 2.05) is 0 Å². The van der Waals surface area contributed by atoms with Gasteiger partial charge in [0.1, 0.15) is 11.6 Å². The Kier molecular flexibility index (Phi) is 5.93. The highest BCUT2D eigenvalue weighted by molar-refractivity contribution is 7.92. The molecule has 3 aromatic rings. The molecule has 0 saturated carbocycles. The van der Waals surface area contributed by atoms with Crippen molar-refractivity contribution in [1.29, 1.82) is 0 Å². The third-order valence-corrected chi connectivity index (χ3v) is 5.60. The highest BCUT2D eigenvalue weighted by atomic mass is 32.2. The number of amides is 1. The molecule has 0 aliphatic rings. The summed E-state index contributed by atoms with van der Waals surface area (Å²) in [5, 5.41) is 2.75. The Balaban J connectivity index is 1.76. The van der Waals surface area contributed by atoms with Gasteiger partial charge in [0.15, 0.2) is 0 Å². The van der Waals surface area contributed by atoms with Gasteiger partial charge >= 0.3 is 0 Å². The van der Waals surface area contributed by atoms with Crippen LogP contribution in [-0.2, 0) is 10.0 Å². The minimum Gasteiger partial charge on any atom is -0.346 e. The second kappa shape index (κ2) is 8.40. The van der Waals surface area contributed by atoms with Gasteiger partial charge in [-0.2, -0.15) is 0 Å². The van der Waals surface area contributed by atoms with E-state index >= 15 is 0 Å². The molecule has 0 radical (unpaired) electrons. The van der Waals surface area contributed by atoms with Gasteiger partial charge in [0.25, 0.3) is 15.9 Å². The molecule has 150 valence electrons. The third kappa shape index (κ3) is 5.17. The van der Waals surface area contributed by atoms with Crippen molar-refractivity contribution in [3.63, 3.8) is 0 Å². The number of halogens is 2. The molecule has 0 heterocycles. The quantitative estimate of drug-likeness (QED) is 0.631. The van der Waals surface area contributed by atoms with Gasteiger partial charge in [-0.15, -0.1) is 0 Å². The van der Waals surface area contributed by atoms with Crippen molar-refractivity contribution < 1.29 is 22.0 Å². The van der Waals surface area contributed by atoms with Crippen molar-refractivity contribution in [2.45, 2.75) is 17.9 Å². The number of nitrogens with one attached hydrogen (secondary N) is 2. The number of carbonyl (C=O) groups is 1. The van der Waals surface area contributed by atoms with Crippen molar-refractivity contribution in [2.75, 3.05) is 4.72 Å². The van der Waals surface area contributed by atoms with Crippen LogP contribution in [0.2, 0.25) is 0 Å². The van der Waals surface area contributed by atoms with E-state index in [1.165, 1.54) is 48.5 Å². The summed E-state index contributed by atoms with van der Waals surface area (Å²) in [6, 6.07) is 15.7. The van der Waals surface area contributed by atoms with Gasteiger partial charge in [-0.25, -0.2) is 17.2 Å². The third-order valence-electron chi connectivity index (χ3n) is 4.22. The molecule has 1 atom stereocenters. The van der Waals surface area contributed by atoms with Gasteiger partial charge < -0.3 is 5.32 Å². The van der Waals surface area contributed by atoms with Crippen LogP contribution >= 0.6 is 0 Å². The molecule has 1 amide bonds. The molecular weight excluding hydrogens is 398 g/mol. The zero-order valence-electron chi connectivity index (χ0n) is 15.4. The maximum Gasteiger partial charge on any atom is 0.261 e. The van der Waals surface area contributed by atoms with Gasteiger partial charge in [0.05, 0.1) is 10.9 Å². The second-order valence-corrected chi connectivity index (χ2v) is 8.07. The van der Waals surface area contributed by atoms with Crippen LogP contribution in [0.25, 0.3) is 0 Å². The highest BCUT2D eigenvalue weighted by Crippen LogP contribution is 2.19. The molecule has 0 unspecified atom stereocenters. The number of benzene rings is 3. The monoisotopic (exact) mass is 416 g/mol. The second-order valence-electron chi connectivity index (χ2n) is 6.39. The fourth-order valence-electron chi connectivity index (χ4n) is 2.65. The minimum absolute atomic E-state index is 0.107. The van der Waals surface area contributed by atoms with E-state index < -0.39 is 27.8 Å². The van der Waals surface area contributed by atoms with Crippen molar-refractivity contribution in [3.05, 3.63) is 95.6 Å². The Morgan fingerprint density at radius 1 is 0.897 bits per heavy atom. The van der Waals surface area contributed by atoms with Crippen LogP contribution in [0.5, 0.6) is 0 Å². The lowest BCUT2D eigenvalue weighted by molar-refractivity contribution is 0.0939. The predicted molar refractivity (Wildman–Crippen MR) is 106 cm³/mol. The van der Waals surface area contributed by atoms with Crippen molar-refractivity contribution in [3.8, 4) is 0 Å². The lowest BCUT2D eigenvalue weighted by atomic mass is 10.1. The maximum atomic E-state index is 13.0. The van der Waals surface area contributed by atoms with E-state index in [9.17, 15) is 22.0 Å². The van der Waals surface area contributed by atoms with Gasteiger partial charge in [0.2, 0.25) is 0 Å². The van der Waals surface area contributed by atoms with Crippen LogP contribution in [0.3, 0.4) is 0 Å².